The number of Topliss-reactive ketones (excluding diaryl/α,β-unsaturated/α-hetero) is 2. The number of hydrogen-bond donors (Lipinski definition) is 1. The number of allylic oxidation sites excluding steroid dienone is 8. The Morgan fingerprint density at radius 3 is 1.86 bits per heavy atom. The number of rotatable bonds is 38. The lowest BCUT2D eigenvalue weighted by Crippen LogP contribution is -2.27. The van der Waals surface area contributed by atoms with Crippen molar-refractivity contribution >= 4 is 92.3 Å². The Balaban J connectivity index is 0.878. The van der Waals surface area contributed by atoms with Crippen molar-refractivity contribution in [2.24, 2.45) is 0 Å². The van der Waals surface area contributed by atoms with Gasteiger partial charge >= 0.3 is 5.97 Å². The Morgan fingerprint density at radius 2 is 1.17 bits per heavy atom. The molecular weight excluding hydrogens is 1010 g/mol. The Kier molecular flexibility index (Phi) is 26.7. The summed E-state index contributed by atoms with van der Waals surface area (Å²) >= 11 is 8.31. The summed E-state index contributed by atoms with van der Waals surface area (Å²) < 4.78 is 13.3. The summed E-state index contributed by atoms with van der Waals surface area (Å²) in [5.74, 6) is 5.62. The zero-order valence-corrected chi connectivity index (χ0v) is 50.0. The Morgan fingerprint density at radius 1 is 0.597 bits per heavy atom. The molecule has 0 N–H and O–H groups in total. The normalized spacial score (nSPS) is 15.4. The topological polar surface area (TPSA) is 75.9 Å². The number of hydrogen-bond acceptors (Lipinski definition) is 9. The highest BCUT2D eigenvalue weighted by Crippen LogP contribution is 2.49. The van der Waals surface area contributed by atoms with Gasteiger partial charge in [-0.15, -0.1) is 0 Å². The zero-order chi connectivity index (χ0) is 54.7. The molecule has 6 rings (SSSR count). The maximum Gasteiger partial charge on any atom is 0.307 e. The highest BCUT2D eigenvalue weighted by Gasteiger charge is 2.44. The Labute approximate surface area is 477 Å². The summed E-state index contributed by atoms with van der Waals surface area (Å²) in [5, 5.41) is 5.10. The third-order valence-corrected chi connectivity index (χ3v) is 17.8. The van der Waals surface area contributed by atoms with Gasteiger partial charge in [0.2, 0.25) is 5.69 Å². The number of unbranched alkanes of at least 4 members (excludes halogenated alkanes) is 7. The van der Waals surface area contributed by atoms with E-state index in [1.807, 2.05) is 23.5 Å². The number of carbonyl (C=O) groups is 3. The van der Waals surface area contributed by atoms with Crippen LogP contribution in [0.2, 0.25) is 0 Å². The number of thiol groups is 1. The van der Waals surface area contributed by atoms with Crippen LogP contribution in [-0.2, 0) is 34.7 Å². The molecule has 77 heavy (non-hydrogen) atoms. The highest BCUT2D eigenvalue weighted by molar-refractivity contribution is 7.99. The first kappa shape index (κ1) is 61.9. The van der Waals surface area contributed by atoms with E-state index in [0.717, 1.165) is 145 Å². The van der Waals surface area contributed by atoms with Crippen LogP contribution in [0.5, 0.6) is 0 Å². The van der Waals surface area contributed by atoms with Gasteiger partial charge in [0.25, 0.3) is 0 Å². The number of carbonyl (C=O) groups excluding carboxylic acids is 3. The minimum atomic E-state index is -0.197. The van der Waals surface area contributed by atoms with Crippen molar-refractivity contribution in [1.29, 1.82) is 0 Å². The van der Waals surface area contributed by atoms with Crippen molar-refractivity contribution < 1.29 is 28.4 Å². The van der Waals surface area contributed by atoms with E-state index >= 15 is 0 Å². The lowest BCUT2D eigenvalue weighted by Gasteiger charge is -2.27. The summed E-state index contributed by atoms with van der Waals surface area (Å²) in [5.41, 5.74) is 7.71. The third kappa shape index (κ3) is 19.2. The van der Waals surface area contributed by atoms with Crippen LogP contribution in [0.3, 0.4) is 0 Å². The molecule has 0 spiro atoms. The SMILES string of the molecule is CCCCC(=O)CCCSCCCCCOCOC(=O)CCCCSCCCC(=O)CCCCC[N+]1=C(C=CC=CC=CC=C2N(CCCCS)c3cc4ccccc4cc3C2(C)C)C(C)(C)c2cc3ccccc3cc21. The molecule has 0 saturated heterocycles. The smallest absolute Gasteiger partial charge is 0.307 e. The Hall–Kier alpha value is -4.35. The van der Waals surface area contributed by atoms with Gasteiger partial charge in [0.1, 0.15) is 18.1 Å². The molecule has 0 amide bonds. The van der Waals surface area contributed by atoms with Gasteiger partial charge in [0, 0.05) is 79.6 Å². The lowest BCUT2D eigenvalue weighted by molar-refractivity contribution is -0.438. The average Bonchev–Trinajstić information content (AvgIpc) is 3.87. The number of ether oxygens (including phenoxy) is 2. The van der Waals surface area contributed by atoms with Crippen LogP contribution in [0.1, 0.15) is 168 Å². The maximum atomic E-state index is 12.9. The van der Waals surface area contributed by atoms with Crippen LogP contribution in [-0.4, -0.2) is 83.1 Å². The molecule has 4 aromatic rings. The van der Waals surface area contributed by atoms with Crippen molar-refractivity contribution in [3.05, 3.63) is 132 Å². The molecule has 7 nitrogen and oxygen atoms in total. The van der Waals surface area contributed by atoms with Gasteiger partial charge in [-0.2, -0.15) is 40.7 Å². The number of esters is 1. The molecule has 0 radical (unpaired) electrons. The molecule has 416 valence electrons. The molecule has 0 aromatic heterocycles. The largest absolute Gasteiger partial charge is 0.438 e. The summed E-state index contributed by atoms with van der Waals surface area (Å²) in [6.07, 6.45) is 32.7. The minimum absolute atomic E-state index is 0.0327. The fourth-order valence-electron chi connectivity index (χ4n) is 10.7. The average molecular weight is 1100 g/mol. The predicted octanol–water partition coefficient (Wildman–Crippen LogP) is 17.2. The molecule has 10 heteroatoms. The second-order valence-electron chi connectivity index (χ2n) is 22.0. The van der Waals surface area contributed by atoms with Gasteiger partial charge in [0.15, 0.2) is 12.5 Å². The third-order valence-electron chi connectivity index (χ3n) is 15.2. The summed E-state index contributed by atoms with van der Waals surface area (Å²) in [4.78, 5) is 39.3. The van der Waals surface area contributed by atoms with Crippen LogP contribution in [0.15, 0.2) is 121 Å². The van der Waals surface area contributed by atoms with Crippen LogP contribution in [0.25, 0.3) is 21.5 Å². The molecule has 2 aliphatic heterocycles. The quantitative estimate of drug-likeness (QED) is 0.0119. The van der Waals surface area contributed by atoms with E-state index in [0.29, 0.717) is 37.4 Å². The van der Waals surface area contributed by atoms with Gasteiger partial charge < -0.3 is 14.4 Å². The number of anilines is 1. The monoisotopic (exact) mass is 1100 g/mol. The van der Waals surface area contributed by atoms with E-state index in [1.165, 1.54) is 55.5 Å². The summed E-state index contributed by atoms with van der Waals surface area (Å²) in [6.45, 7) is 14.1. The lowest BCUT2D eigenvalue weighted by atomic mass is 9.80. The number of nitrogens with zero attached hydrogens (tertiary/aromatic N) is 2. The standard InChI is InChI=1S/C67H90N2O5S3/c1-6-7-33-57(70)35-27-46-76-44-25-12-23-42-73-52-74-65(72)39-20-26-45-77-47-28-36-58(71)34-13-11-21-40-68-61-50-55-31-18-16-29-53(55)48-59(61)66(2,3)63(68)37-14-9-8-10-15-38-64-67(4,5)60-49-54-30-17-19-32-56(54)51-62(60)69(64)41-22-24-43-75/h8-10,14-19,29-32,37-38,48-51H,6-7,11-13,20-28,33-36,39-47,52H2,1-5H3/p+1. The molecule has 4 aromatic carbocycles. The van der Waals surface area contributed by atoms with Crippen molar-refractivity contribution in [2.45, 2.75) is 167 Å². The van der Waals surface area contributed by atoms with E-state index < -0.39 is 0 Å². The van der Waals surface area contributed by atoms with Crippen LogP contribution >= 0.6 is 36.2 Å². The summed E-state index contributed by atoms with van der Waals surface area (Å²) in [7, 11) is 0. The van der Waals surface area contributed by atoms with Crippen LogP contribution in [0, 0.1) is 0 Å². The summed E-state index contributed by atoms with van der Waals surface area (Å²) in [6, 6.07) is 26.9. The predicted molar refractivity (Wildman–Crippen MR) is 335 cm³/mol. The molecule has 0 atom stereocenters. The first-order chi connectivity index (χ1) is 37.4. The molecule has 0 unspecified atom stereocenters. The number of thioether (sulfide) groups is 2. The minimum Gasteiger partial charge on any atom is -0.438 e. The molecular formula is C67H91N2O5S3+. The number of ketones is 2. The molecule has 0 bridgehead atoms. The van der Waals surface area contributed by atoms with E-state index in [2.05, 4.69) is 172 Å². The van der Waals surface area contributed by atoms with E-state index in [9.17, 15) is 14.4 Å². The molecule has 2 aliphatic rings. The van der Waals surface area contributed by atoms with E-state index in [4.69, 9.17) is 9.47 Å². The van der Waals surface area contributed by atoms with Gasteiger partial charge in [0.05, 0.1) is 12.0 Å². The zero-order valence-electron chi connectivity index (χ0n) is 47.5. The molecule has 0 saturated carbocycles. The fourth-order valence-corrected chi connectivity index (χ4v) is 12.8. The number of fused-ring (bicyclic) bond motifs is 4. The van der Waals surface area contributed by atoms with Crippen molar-refractivity contribution in [3.8, 4) is 0 Å². The van der Waals surface area contributed by atoms with Gasteiger partial charge in [-0.1, -0.05) is 113 Å². The van der Waals surface area contributed by atoms with Crippen LogP contribution in [0.4, 0.5) is 11.4 Å². The van der Waals surface area contributed by atoms with Crippen molar-refractivity contribution in [1.82, 2.24) is 0 Å². The second kappa shape index (κ2) is 33.3. The molecule has 0 aliphatic carbocycles. The van der Waals surface area contributed by atoms with Gasteiger partial charge in [-0.25, -0.2) is 0 Å². The van der Waals surface area contributed by atoms with Crippen molar-refractivity contribution in [2.75, 3.05) is 60.2 Å². The first-order valence-corrected chi connectivity index (χ1v) is 32.1. The van der Waals surface area contributed by atoms with E-state index in [-0.39, 0.29) is 23.6 Å². The highest BCUT2D eigenvalue weighted by atomic mass is 32.2. The second-order valence-corrected chi connectivity index (χ2v) is 24.9. The maximum absolute atomic E-state index is 12.9. The molecule has 2 heterocycles. The first-order valence-electron chi connectivity index (χ1n) is 29.2. The molecule has 0 fully saturated rings. The van der Waals surface area contributed by atoms with Gasteiger partial charge in [-0.05, 0) is 165 Å². The van der Waals surface area contributed by atoms with Crippen LogP contribution < -0.4 is 4.90 Å². The van der Waals surface area contributed by atoms with Crippen molar-refractivity contribution in [3.63, 3.8) is 0 Å². The van der Waals surface area contributed by atoms with Gasteiger partial charge in [-0.3, -0.25) is 14.4 Å². The Bertz CT molecular complexity index is 2680. The fraction of sp³-hybridized carbons (Fsp3) is 0.522. The van der Waals surface area contributed by atoms with E-state index in [1.54, 1.807) is 0 Å². The number of benzene rings is 4.